The smallest absolute Gasteiger partial charge is 0.131 e. The van der Waals surface area contributed by atoms with Gasteiger partial charge in [0.2, 0.25) is 0 Å². The maximum atomic E-state index is 5.87. The highest BCUT2D eigenvalue weighted by Crippen LogP contribution is 2.30. The largest absolute Gasteiger partial charge is 0.383 e. The SMILES string of the molecule is Cc1cc2c(N)nccc2cc1C(C)(C)C. The number of aromatic nitrogens is 1. The minimum absolute atomic E-state index is 0.163. The summed E-state index contributed by atoms with van der Waals surface area (Å²) >= 11 is 0. The Morgan fingerprint density at radius 1 is 1.19 bits per heavy atom. The van der Waals surface area contributed by atoms with Gasteiger partial charge in [-0.3, -0.25) is 0 Å². The first-order valence-corrected chi connectivity index (χ1v) is 5.55. The Morgan fingerprint density at radius 2 is 1.88 bits per heavy atom. The zero-order valence-electron chi connectivity index (χ0n) is 10.3. The van der Waals surface area contributed by atoms with E-state index in [1.54, 1.807) is 6.20 Å². The predicted octanol–water partition coefficient (Wildman–Crippen LogP) is 3.42. The summed E-state index contributed by atoms with van der Waals surface area (Å²) in [6.07, 6.45) is 1.76. The maximum Gasteiger partial charge on any atom is 0.131 e. The highest BCUT2D eigenvalue weighted by molar-refractivity contribution is 5.92. The number of nitrogens with zero attached hydrogens (tertiary/aromatic N) is 1. The second-order valence-electron chi connectivity index (χ2n) is 5.33. The Bertz CT molecular complexity index is 536. The molecule has 0 bridgehead atoms. The Balaban J connectivity index is 2.78. The monoisotopic (exact) mass is 214 g/mol. The molecule has 0 aliphatic rings. The van der Waals surface area contributed by atoms with Gasteiger partial charge in [-0.15, -0.1) is 0 Å². The summed E-state index contributed by atoms with van der Waals surface area (Å²) in [6, 6.07) is 6.38. The van der Waals surface area contributed by atoms with E-state index in [0.29, 0.717) is 5.82 Å². The van der Waals surface area contributed by atoms with Crippen LogP contribution in [-0.2, 0) is 5.41 Å². The van der Waals surface area contributed by atoms with Crippen molar-refractivity contribution in [3.05, 3.63) is 35.5 Å². The van der Waals surface area contributed by atoms with Gasteiger partial charge in [-0.2, -0.15) is 0 Å². The molecule has 84 valence electrons. The van der Waals surface area contributed by atoms with Crippen LogP contribution in [0, 0.1) is 6.92 Å². The first kappa shape index (κ1) is 10.9. The topological polar surface area (TPSA) is 38.9 Å². The molecule has 0 saturated carbocycles. The molecule has 2 rings (SSSR count). The van der Waals surface area contributed by atoms with E-state index in [0.717, 1.165) is 5.39 Å². The average molecular weight is 214 g/mol. The van der Waals surface area contributed by atoms with E-state index in [1.807, 2.05) is 6.07 Å². The molecule has 2 nitrogen and oxygen atoms in total. The zero-order valence-corrected chi connectivity index (χ0v) is 10.3. The summed E-state index contributed by atoms with van der Waals surface area (Å²) in [5.74, 6) is 0.612. The Morgan fingerprint density at radius 3 is 2.50 bits per heavy atom. The van der Waals surface area contributed by atoms with Gasteiger partial charge in [-0.25, -0.2) is 4.98 Å². The highest BCUT2D eigenvalue weighted by atomic mass is 14.8. The molecule has 1 aromatic carbocycles. The Hall–Kier alpha value is -1.57. The van der Waals surface area contributed by atoms with E-state index in [2.05, 4.69) is 44.8 Å². The van der Waals surface area contributed by atoms with Crippen molar-refractivity contribution in [2.45, 2.75) is 33.1 Å². The van der Waals surface area contributed by atoms with Gasteiger partial charge in [0.1, 0.15) is 5.82 Å². The van der Waals surface area contributed by atoms with Crippen LogP contribution in [0.25, 0.3) is 10.8 Å². The van der Waals surface area contributed by atoms with Gasteiger partial charge in [0.05, 0.1) is 0 Å². The van der Waals surface area contributed by atoms with Crippen LogP contribution in [-0.4, -0.2) is 4.98 Å². The van der Waals surface area contributed by atoms with Crippen LogP contribution in [0.1, 0.15) is 31.9 Å². The van der Waals surface area contributed by atoms with Crippen LogP contribution in [0.3, 0.4) is 0 Å². The number of fused-ring (bicyclic) bond motifs is 1. The van der Waals surface area contributed by atoms with Gasteiger partial charge in [0, 0.05) is 11.6 Å². The number of nitrogen functional groups attached to an aromatic ring is 1. The minimum atomic E-state index is 0.163. The van der Waals surface area contributed by atoms with Crippen molar-refractivity contribution in [3.8, 4) is 0 Å². The van der Waals surface area contributed by atoms with E-state index in [1.165, 1.54) is 16.5 Å². The third kappa shape index (κ3) is 1.75. The van der Waals surface area contributed by atoms with E-state index in [-0.39, 0.29) is 5.41 Å². The molecule has 2 N–H and O–H groups in total. The van der Waals surface area contributed by atoms with E-state index < -0.39 is 0 Å². The van der Waals surface area contributed by atoms with Crippen LogP contribution >= 0.6 is 0 Å². The highest BCUT2D eigenvalue weighted by Gasteiger charge is 2.17. The Kier molecular flexibility index (Phi) is 2.38. The van der Waals surface area contributed by atoms with Gasteiger partial charge in [0.15, 0.2) is 0 Å². The summed E-state index contributed by atoms with van der Waals surface area (Å²) in [4.78, 5) is 4.12. The standard InChI is InChI=1S/C14H18N2/c1-9-7-11-10(5-6-16-13(11)15)8-12(9)14(2,3)4/h5-8H,1-4H3,(H2,15,16). The minimum Gasteiger partial charge on any atom is -0.383 e. The second kappa shape index (κ2) is 3.48. The van der Waals surface area contributed by atoms with Crippen molar-refractivity contribution in [3.63, 3.8) is 0 Å². The van der Waals surface area contributed by atoms with Gasteiger partial charge in [-0.05, 0) is 41.0 Å². The lowest BCUT2D eigenvalue weighted by Crippen LogP contribution is -2.13. The number of benzene rings is 1. The quantitative estimate of drug-likeness (QED) is 0.729. The number of anilines is 1. The third-order valence-corrected chi connectivity index (χ3v) is 2.95. The molecule has 0 aliphatic heterocycles. The molecular formula is C14H18N2. The number of rotatable bonds is 0. The van der Waals surface area contributed by atoms with E-state index in [9.17, 15) is 0 Å². The molecule has 0 aliphatic carbocycles. The van der Waals surface area contributed by atoms with Crippen LogP contribution < -0.4 is 5.73 Å². The van der Waals surface area contributed by atoms with Crippen LogP contribution in [0.15, 0.2) is 24.4 Å². The van der Waals surface area contributed by atoms with Crippen LogP contribution in [0.4, 0.5) is 5.82 Å². The normalized spacial score (nSPS) is 12.0. The molecule has 0 radical (unpaired) electrons. The molecule has 0 amide bonds. The summed E-state index contributed by atoms with van der Waals surface area (Å²) in [7, 11) is 0. The van der Waals surface area contributed by atoms with Gasteiger partial charge in [-0.1, -0.05) is 26.8 Å². The van der Waals surface area contributed by atoms with Crippen molar-refractivity contribution in [2.24, 2.45) is 0 Å². The Labute approximate surface area is 96.5 Å². The maximum absolute atomic E-state index is 5.87. The lowest BCUT2D eigenvalue weighted by atomic mass is 9.83. The molecular weight excluding hydrogens is 196 g/mol. The molecule has 0 saturated heterocycles. The van der Waals surface area contributed by atoms with Crippen LogP contribution in [0.2, 0.25) is 0 Å². The fourth-order valence-corrected chi connectivity index (χ4v) is 2.16. The van der Waals surface area contributed by atoms with Gasteiger partial charge in [0.25, 0.3) is 0 Å². The second-order valence-corrected chi connectivity index (χ2v) is 5.33. The fourth-order valence-electron chi connectivity index (χ4n) is 2.16. The molecule has 0 spiro atoms. The molecule has 2 aromatic rings. The first-order valence-electron chi connectivity index (χ1n) is 5.55. The molecule has 0 unspecified atom stereocenters. The van der Waals surface area contributed by atoms with Crippen molar-refractivity contribution in [2.75, 3.05) is 5.73 Å². The number of pyridine rings is 1. The third-order valence-electron chi connectivity index (χ3n) is 2.95. The molecule has 0 fully saturated rings. The lowest BCUT2D eigenvalue weighted by Gasteiger charge is -2.22. The first-order chi connectivity index (χ1) is 7.39. The number of nitrogens with two attached hydrogens (primary N) is 1. The summed E-state index contributed by atoms with van der Waals surface area (Å²) in [5, 5.41) is 2.22. The number of hydrogen-bond donors (Lipinski definition) is 1. The number of hydrogen-bond acceptors (Lipinski definition) is 2. The summed E-state index contributed by atoms with van der Waals surface area (Å²) < 4.78 is 0. The van der Waals surface area contributed by atoms with E-state index >= 15 is 0 Å². The van der Waals surface area contributed by atoms with Crippen molar-refractivity contribution in [1.29, 1.82) is 0 Å². The van der Waals surface area contributed by atoms with Gasteiger partial charge >= 0.3 is 0 Å². The number of aryl methyl sites for hydroxylation is 1. The van der Waals surface area contributed by atoms with Crippen LogP contribution in [0.5, 0.6) is 0 Å². The van der Waals surface area contributed by atoms with Crippen molar-refractivity contribution < 1.29 is 0 Å². The average Bonchev–Trinajstić information content (AvgIpc) is 2.17. The zero-order chi connectivity index (χ0) is 11.9. The molecule has 2 heteroatoms. The van der Waals surface area contributed by atoms with E-state index in [4.69, 9.17) is 5.73 Å². The summed E-state index contributed by atoms with van der Waals surface area (Å²) in [5.41, 5.74) is 8.68. The molecule has 16 heavy (non-hydrogen) atoms. The van der Waals surface area contributed by atoms with Gasteiger partial charge < -0.3 is 5.73 Å². The summed E-state index contributed by atoms with van der Waals surface area (Å²) in [6.45, 7) is 8.82. The lowest BCUT2D eigenvalue weighted by molar-refractivity contribution is 0.587. The van der Waals surface area contributed by atoms with Crippen molar-refractivity contribution >= 4 is 16.6 Å². The molecule has 1 aromatic heterocycles. The van der Waals surface area contributed by atoms with Crippen molar-refractivity contribution in [1.82, 2.24) is 4.98 Å². The fraction of sp³-hybridized carbons (Fsp3) is 0.357. The molecule has 0 atom stereocenters. The predicted molar refractivity (Wildman–Crippen MR) is 69.6 cm³/mol. The molecule has 1 heterocycles.